The molecule has 2 amide bonds. The monoisotopic (exact) mass is 472 g/mol. The van der Waals surface area contributed by atoms with Gasteiger partial charge in [-0.05, 0) is 55.0 Å². The number of ether oxygens (including phenoxy) is 2. The molecule has 182 valence electrons. The number of likely N-dealkylation sites (N-methyl/N-ethyl adjacent to an activating group) is 1. The second kappa shape index (κ2) is 10.4. The first kappa shape index (κ1) is 24.0. The SMILES string of the molecule is COc1ccc(CN(C)C(=O)C2CC3CCCCC3N2C(=O)c2ccccc2)cc1OC(F)F. The van der Waals surface area contributed by atoms with Gasteiger partial charge in [0.1, 0.15) is 6.04 Å². The highest BCUT2D eigenvalue weighted by Gasteiger charge is 2.48. The van der Waals surface area contributed by atoms with Crippen LogP contribution in [0.25, 0.3) is 0 Å². The van der Waals surface area contributed by atoms with Crippen LogP contribution in [-0.4, -0.2) is 54.5 Å². The van der Waals surface area contributed by atoms with Crippen LogP contribution in [0.2, 0.25) is 0 Å². The summed E-state index contributed by atoms with van der Waals surface area (Å²) in [4.78, 5) is 30.4. The lowest BCUT2D eigenvalue weighted by molar-refractivity contribution is -0.134. The van der Waals surface area contributed by atoms with E-state index in [0.717, 1.165) is 25.7 Å². The molecule has 4 rings (SSSR count). The van der Waals surface area contributed by atoms with Crippen LogP contribution < -0.4 is 9.47 Å². The zero-order chi connectivity index (χ0) is 24.2. The predicted octanol–water partition coefficient (Wildman–Crippen LogP) is 4.73. The molecular formula is C26H30F2N2O4. The van der Waals surface area contributed by atoms with Crippen molar-refractivity contribution >= 4 is 11.8 Å². The molecule has 1 saturated carbocycles. The Kier molecular flexibility index (Phi) is 7.34. The molecule has 1 aliphatic heterocycles. The molecule has 8 heteroatoms. The Bertz CT molecular complexity index is 1020. The summed E-state index contributed by atoms with van der Waals surface area (Å²) in [6.07, 6.45) is 4.74. The quantitative estimate of drug-likeness (QED) is 0.585. The maximum Gasteiger partial charge on any atom is 0.387 e. The molecule has 0 radical (unpaired) electrons. The van der Waals surface area contributed by atoms with Crippen molar-refractivity contribution in [3.05, 3.63) is 59.7 Å². The fourth-order valence-corrected chi connectivity index (χ4v) is 5.32. The van der Waals surface area contributed by atoms with Crippen molar-refractivity contribution in [1.29, 1.82) is 0 Å². The van der Waals surface area contributed by atoms with Crippen molar-refractivity contribution in [3.8, 4) is 11.5 Å². The van der Waals surface area contributed by atoms with Gasteiger partial charge in [-0.3, -0.25) is 9.59 Å². The standard InChI is InChI=1S/C26H30F2N2O4/c1-29(16-17-12-13-22(33-2)23(14-17)34-26(27)28)25(32)21-15-19-10-6-7-11-20(19)30(21)24(31)18-8-4-3-5-9-18/h3-5,8-9,12-14,19-21,26H,6-7,10-11,15-16H2,1-2H3. The molecule has 2 aliphatic rings. The summed E-state index contributed by atoms with van der Waals surface area (Å²) < 4.78 is 35.2. The molecule has 0 aromatic heterocycles. The Labute approximate surface area is 198 Å². The molecule has 1 saturated heterocycles. The van der Waals surface area contributed by atoms with E-state index in [1.165, 1.54) is 13.2 Å². The van der Waals surface area contributed by atoms with E-state index in [4.69, 9.17) is 4.74 Å². The summed E-state index contributed by atoms with van der Waals surface area (Å²) in [6.45, 7) is -2.79. The van der Waals surface area contributed by atoms with Crippen LogP contribution in [0, 0.1) is 5.92 Å². The smallest absolute Gasteiger partial charge is 0.387 e. The average molecular weight is 473 g/mol. The molecule has 3 atom stereocenters. The molecule has 34 heavy (non-hydrogen) atoms. The number of rotatable bonds is 7. The van der Waals surface area contributed by atoms with E-state index in [1.807, 2.05) is 18.2 Å². The van der Waals surface area contributed by atoms with E-state index >= 15 is 0 Å². The third-order valence-corrected chi connectivity index (χ3v) is 6.87. The summed E-state index contributed by atoms with van der Waals surface area (Å²) in [6, 6.07) is 13.3. The van der Waals surface area contributed by atoms with Crippen molar-refractivity contribution in [2.45, 2.75) is 57.3 Å². The van der Waals surface area contributed by atoms with Crippen molar-refractivity contribution in [2.75, 3.05) is 14.2 Å². The van der Waals surface area contributed by atoms with E-state index in [9.17, 15) is 18.4 Å². The van der Waals surface area contributed by atoms with E-state index in [0.29, 0.717) is 23.5 Å². The van der Waals surface area contributed by atoms with Crippen LogP contribution in [0.15, 0.2) is 48.5 Å². The van der Waals surface area contributed by atoms with Crippen molar-refractivity contribution < 1.29 is 27.8 Å². The topological polar surface area (TPSA) is 59.1 Å². The van der Waals surface area contributed by atoms with Gasteiger partial charge in [0.2, 0.25) is 5.91 Å². The van der Waals surface area contributed by atoms with Crippen LogP contribution in [0.5, 0.6) is 11.5 Å². The van der Waals surface area contributed by atoms with Gasteiger partial charge >= 0.3 is 6.61 Å². The molecule has 3 unspecified atom stereocenters. The lowest BCUT2D eigenvalue weighted by atomic mass is 9.84. The number of halogens is 2. The van der Waals surface area contributed by atoms with E-state index in [-0.39, 0.29) is 35.9 Å². The van der Waals surface area contributed by atoms with Crippen molar-refractivity contribution in [2.24, 2.45) is 5.92 Å². The Morgan fingerprint density at radius 3 is 2.53 bits per heavy atom. The minimum Gasteiger partial charge on any atom is -0.493 e. The maximum absolute atomic E-state index is 13.6. The van der Waals surface area contributed by atoms with Crippen molar-refractivity contribution in [1.82, 2.24) is 9.80 Å². The molecule has 2 aromatic carbocycles. The second-order valence-electron chi connectivity index (χ2n) is 9.00. The van der Waals surface area contributed by atoms with Gasteiger partial charge in [-0.25, -0.2) is 0 Å². The summed E-state index contributed by atoms with van der Waals surface area (Å²) in [5, 5.41) is 0. The number of likely N-dealkylation sites (tertiary alicyclic amines) is 1. The third kappa shape index (κ3) is 5.00. The first-order valence-corrected chi connectivity index (χ1v) is 11.6. The van der Waals surface area contributed by atoms with E-state index < -0.39 is 12.7 Å². The second-order valence-corrected chi connectivity index (χ2v) is 9.00. The third-order valence-electron chi connectivity index (χ3n) is 6.87. The minimum absolute atomic E-state index is 0.0656. The van der Waals surface area contributed by atoms with Gasteiger partial charge in [0.15, 0.2) is 11.5 Å². The number of nitrogens with zero attached hydrogens (tertiary/aromatic N) is 2. The Hall–Kier alpha value is -3.16. The van der Waals surface area contributed by atoms with Gasteiger partial charge < -0.3 is 19.3 Å². The number of fused-ring (bicyclic) bond motifs is 1. The molecule has 1 heterocycles. The number of carbonyl (C=O) groups is 2. The van der Waals surface area contributed by atoms with Gasteiger partial charge in [0.05, 0.1) is 7.11 Å². The lowest BCUT2D eigenvalue weighted by Gasteiger charge is -2.34. The van der Waals surface area contributed by atoms with Gasteiger partial charge in [-0.2, -0.15) is 8.78 Å². The molecule has 0 N–H and O–H groups in total. The fourth-order valence-electron chi connectivity index (χ4n) is 5.32. The fraction of sp³-hybridized carbons (Fsp3) is 0.462. The summed E-state index contributed by atoms with van der Waals surface area (Å²) in [5.41, 5.74) is 1.21. The number of benzene rings is 2. The largest absolute Gasteiger partial charge is 0.493 e. The minimum atomic E-state index is -2.98. The molecule has 1 aliphatic carbocycles. The van der Waals surface area contributed by atoms with Crippen LogP contribution in [0.1, 0.15) is 48.0 Å². The predicted molar refractivity (Wildman–Crippen MR) is 123 cm³/mol. The Morgan fingerprint density at radius 1 is 1.09 bits per heavy atom. The highest BCUT2D eigenvalue weighted by Crippen LogP contribution is 2.41. The van der Waals surface area contributed by atoms with Crippen LogP contribution in [0.3, 0.4) is 0 Å². The van der Waals surface area contributed by atoms with Crippen LogP contribution in [-0.2, 0) is 11.3 Å². The number of carbonyl (C=O) groups excluding carboxylic acids is 2. The highest BCUT2D eigenvalue weighted by atomic mass is 19.3. The molecule has 0 bridgehead atoms. The molecular weight excluding hydrogens is 442 g/mol. The van der Waals surface area contributed by atoms with E-state index in [2.05, 4.69) is 4.74 Å². The van der Waals surface area contributed by atoms with E-state index in [1.54, 1.807) is 41.1 Å². The summed E-state index contributed by atoms with van der Waals surface area (Å²) in [7, 11) is 3.05. The summed E-state index contributed by atoms with van der Waals surface area (Å²) in [5.74, 6) is 0.168. The van der Waals surface area contributed by atoms with Crippen LogP contribution in [0.4, 0.5) is 8.78 Å². The number of amides is 2. The summed E-state index contributed by atoms with van der Waals surface area (Å²) >= 11 is 0. The number of hydrogen-bond acceptors (Lipinski definition) is 4. The average Bonchev–Trinajstić information content (AvgIpc) is 3.23. The Morgan fingerprint density at radius 2 is 1.82 bits per heavy atom. The zero-order valence-electron chi connectivity index (χ0n) is 19.5. The molecule has 2 aromatic rings. The van der Waals surface area contributed by atoms with Gasteiger partial charge in [0.25, 0.3) is 5.91 Å². The Balaban J connectivity index is 1.55. The van der Waals surface area contributed by atoms with Crippen molar-refractivity contribution in [3.63, 3.8) is 0 Å². The normalized spacial score (nSPS) is 21.8. The number of hydrogen-bond donors (Lipinski definition) is 0. The van der Waals surface area contributed by atoms with Crippen LogP contribution >= 0.6 is 0 Å². The number of alkyl halides is 2. The zero-order valence-corrected chi connectivity index (χ0v) is 19.5. The molecule has 0 spiro atoms. The number of methoxy groups -OCH3 is 1. The maximum atomic E-state index is 13.6. The first-order valence-electron chi connectivity index (χ1n) is 11.6. The van der Waals surface area contributed by atoms with Gasteiger partial charge in [0, 0.05) is 25.2 Å². The first-order chi connectivity index (χ1) is 16.4. The molecule has 6 nitrogen and oxygen atoms in total. The highest BCUT2D eigenvalue weighted by molar-refractivity contribution is 5.98. The van der Waals surface area contributed by atoms with Gasteiger partial charge in [-0.1, -0.05) is 37.1 Å². The lowest BCUT2D eigenvalue weighted by Crippen LogP contribution is -2.49. The molecule has 2 fully saturated rings. The van der Waals surface area contributed by atoms with Gasteiger partial charge in [-0.15, -0.1) is 0 Å².